The first-order valence-electron chi connectivity index (χ1n) is 8.43. The molecule has 2 fully saturated rings. The molecule has 0 spiro atoms. The van der Waals surface area contributed by atoms with E-state index in [-0.39, 0.29) is 0 Å². The van der Waals surface area contributed by atoms with Crippen LogP contribution in [0.15, 0.2) is 0 Å². The fourth-order valence-corrected chi connectivity index (χ4v) is 3.41. The van der Waals surface area contributed by atoms with Crippen LogP contribution in [0.25, 0.3) is 0 Å². The molecule has 2 rings (SSSR count). The molecule has 0 aliphatic carbocycles. The molecule has 3 nitrogen and oxygen atoms in total. The molecule has 0 aromatic rings. The lowest BCUT2D eigenvalue weighted by Crippen LogP contribution is -2.40. The topological polar surface area (TPSA) is 24.5 Å². The predicted molar refractivity (Wildman–Crippen MR) is 80.5 cm³/mol. The fraction of sp³-hybridized carbons (Fsp3) is 1.00. The number of hydrogen-bond acceptors (Lipinski definition) is 3. The number of hydrogen-bond donors (Lipinski definition) is 1. The van der Waals surface area contributed by atoms with E-state index in [2.05, 4.69) is 17.1 Å². The number of piperidine rings is 2. The van der Waals surface area contributed by atoms with Gasteiger partial charge in [-0.15, -0.1) is 0 Å². The van der Waals surface area contributed by atoms with Crippen molar-refractivity contribution < 1.29 is 4.74 Å². The molecule has 2 unspecified atom stereocenters. The molecule has 2 aliphatic rings. The van der Waals surface area contributed by atoms with Crippen LogP contribution in [0.5, 0.6) is 0 Å². The maximum atomic E-state index is 5.91. The molecule has 1 N–H and O–H groups in total. The maximum Gasteiger partial charge on any atom is 0.0702 e. The van der Waals surface area contributed by atoms with E-state index in [1.807, 2.05) is 0 Å². The van der Waals surface area contributed by atoms with E-state index in [0.717, 1.165) is 18.9 Å². The van der Waals surface area contributed by atoms with Gasteiger partial charge in [-0.1, -0.05) is 6.92 Å². The summed E-state index contributed by atoms with van der Waals surface area (Å²) in [6, 6.07) is 0. The fourth-order valence-electron chi connectivity index (χ4n) is 3.41. The van der Waals surface area contributed by atoms with Crippen LogP contribution >= 0.6 is 0 Å². The molecule has 0 bridgehead atoms. The highest BCUT2D eigenvalue weighted by atomic mass is 16.5. The maximum absolute atomic E-state index is 5.91. The van der Waals surface area contributed by atoms with E-state index in [1.165, 1.54) is 71.2 Å². The Morgan fingerprint density at radius 1 is 1.26 bits per heavy atom. The Morgan fingerprint density at radius 3 is 3.00 bits per heavy atom. The number of rotatable bonds is 7. The van der Waals surface area contributed by atoms with Gasteiger partial charge in [0, 0.05) is 13.2 Å². The van der Waals surface area contributed by atoms with Crippen LogP contribution in [0.1, 0.15) is 51.9 Å². The Hall–Kier alpha value is -0.120. The van der Waals surface area contributed by atoms with Crippen molar-refractivity contribution in [2.24, 2.45) is 5.92 Å². The molecule has 0 amide bonds. The third kappa shape index (κ3) is 5.80. The second kappa shape index (κ2) is 8.93. The van der Waals surface area contributed by atoms with E-state index < -0.39 is 0 Å². The van der Waals surface area contributed by atoms with Gasteiger partial charge in [0.15, 0.2) is 0 Å². The summed E-state index contributed by atoms with van der Waals surface area (Å²) in [5.74, 6) is 0.936. The zero-order valence-corrected chi connectivity index (χ0v) is 12.7. The summed E-state index contributed by atoms with van der Waals surface area (Å²) in [7, 11) is 0. The molecule has 0 aromatic carbocycles. The minimum Gasteiger partial charge on any atom is -0.377 e. The largest absolute Gasteiger partial charge is 0.377 e. The highest BCUT2D eigenvalue weighted by molar-refractivity contribution is 4.75. The van der Waals surface area contributed by atoms with Crippen molar-refractivity contribution in [1.82, 2.24) is 10.2 Å². The lowest BCUT2D eigenvalue weighted by Gasteiger charge is -2.33. The van der Waals surface area contributed by atoms with Crippen molar-refractivity contribution in [1.29, 1.82) is 0 Å². The minimum atomic E-state index is 0.505. The Kier molecular flexibility index (Phi) is 7.18. The van der Waals surface area contributed by atoms with E-state index in [1.54, 1.807) is 0 Å². The van der Waals surface area contributed by atoms with E-state index in [4.69, 9.17) is 4.74 Å². The lowest BCUT2D eigenvalue weighted by atomic mass is 9.94. The molecule has 0 saturated carbocycles. The number of likely N-dealkylation sites (tertiary alicyclic amines) is 1. The first-order chi connectivity index (χ1) is 9.38. The molecule has 3 heteroatoms. The van der Waals surface area contributed by atoms with Crippen molar-refractivity contribution in [3.63, 3.8) is 0 Å². The Bertz CT molecular complexity index is 229. The summed E-state index contributed by atoms with van der Waals surface area (Å²) in [5.41, 5.74) is 0. The summed E-state index contributed by atoms with van der Waals surface area (Å²) >= 11 is 0. The van der Waals surface area contributed by atoms with E-state index in [0.29, 0.717) is 6.10 Å². The summed E-state index contributed by atoms with van der Waals surface area (Å²) < 4.78 is 5.91. The standard InChI is InChI=1S/C16H32N2O/c1-2-12-19-16-8-5-11-18(14-16)10-4-7-15-6-3-9-17-13-15/h15-17H,2-14H2,1H3. The lowest BCUT2D eigenvalue weighted by molar-refractivity contribution is -0.000631. The van der Waals surface area contributed by atoms with Crippen LogP contribution in [0.2, 0.25) is 0 Å². The molecule has 19 heavy (non-hydrogen) atoms. The van der Waals surface area contributed by atoms with Gasteiger partial charge in [-0.2, -0.15) is 0 Å². The average molecular weight is 268 g/mol. The van der Waals surface area contributed by atoms with Crippen molar-refractivity contribution in [3.05, 3.63) is 0 Å². The molecular weight excluding hydrogens is 236 g/mol. The molecule has 2 aliphatic heterocycles. The Morgan fingerprint density at radius 2 is 2.21 bits per heavy atom. The van der Waals surface area contributed by atoms with Gasteiger partial charge >= 0.3 is 0 Å². The summed E-state index contributed by atoms with van der Waals surface area (Å²) in [5, 5.41) is 3.52. The van der Waals surface area contributed by atoms with Crippen LogP contribution in [0, 0.1) is 5.92 Å². The van der Waals surface area contributed by atoms with Gasteiger partial charge in [0.05, 0.1) is 6.10 Å². The van der Waals surface area contributed by atoms with Crippen LogP contribution in [0.4, 0.5) is 0 Å². The molecule has 2 atom stereocenters. The van der Waals surface area contributed by atoms with E-state index >= 15 is 0 Å². The van der Waals surface area contributed by atoms with Gasteiger partial charge in [0.25, 0.3) is 0 Å². The first-order valence-corrected chi connectivity index (χ1v) is 8.43. The van der Waals surface area contributed by atoms with Gasteiger partial charge < -0.3 is 15.0 Å². The number of nitrogens with one attached hydrogen (secondary N) is 1. The van der Waals surface area contributed by atoms with Gasteiger partial charge in [0.1, 0.15) is 0 Å². The number of nitrogens with zero attached hydrogens (tertiary/aromatic N) is 1. The third-order valence-electron chi connectivity index (χ3n) is 4.51. The molecule has 2 saturated heterocycles. The van der Waals surface area contributed by atoms with Crippen molar-refractivity contribution in [3.8, 4) is 0 Å². The van der Waals surface area contributed by atoms with Gasteiger partial charge in [-0.05, 0) is 77.0 Å². The van der Waals surface area contributed by atoms with Crippen LogP contribution in [-0.2, 0) is 4.74 Å². The zero-order chi connectivity index (χ0) is 13.3. The quantitative estimate of drug-likeness (QED) is 0.768. The van der Waals surface area contributed by atoms with E-state index in [9.17, 15) is 0 Å². The van der Waals surface area contributed by atoms with Gasteiger partial charge in [-0.3, -0.25) is 0 Å². The van der Waals surface area contributed by atoms with Crippen molar-refractivity contribution in [2.45, 2.75) is 58.0 Å². The molecule has 0 aromatic heterocycles. The molecular formula is C16H32N2O. The van der Waals surface area contributed by atoms with Crippen LogP contribution in [0.3, 0.4) is 0 Å². The van der Waals surface area contributed by atoms with Crippen LogP contribution < -0.4 is 5.32 Å². The third-order valence-corrected chi connectivity index (χ3v) is 4.51. The summed E-state index contributed by atoms with van der Waals surface area (Å²) in [4.78, 5) is 2.63. The second-order valence-corrected chi connectivity index (χ2v) is 6.29. The second-order valence-electron chi connectivity index (χ2n) is 6.29. The van der Waals surface area contributed by atoms with Crippen molar-refractivity contribution in [2.75, 3.05) is 39.3 Å². The highest BCUT2D eigenvalue weighted by Gasteiger charge is 2.20. The molecule has 2 heterocycles. The summed E-state index contributed by atoms with van der Waals surface area (Å²) in [6.45, 7) is 9.35. The zero-order valence-electron chi connectivity index (χ0n) is 12.7. The van der Waals surface area contributed by atoms with Crippen molar-refractivity contribution >= 4 is 0 Å². The van der Waals surface area contributed by atoms with Gasteiger partial charge in [0.2, 0.25) is 0 Å². The molecule has 112 valence electrons. The minimum absolute atomic E-state index is 0.505. The Labute approximate surface area is 119 Å². The SMILES string of the molecule is CCCOC1CCCN(CCCC2CCCNC2)C1. The average Bonchev–Trinajstić information content (AvgIpc) is 2.47. The smallest absolute Gasteiger partial charge is 0.0702 e. The summed E-state index contributed by atoms with van der Waals surface area (Å²) in [6.07, 6.45) is 9.83. The normalized spacial score (nSPS) is 29.5. The monoisotopic (exact) mass is 268 g/mol. The Balaban J connectivity index is 1.56. The number of ether oxygens (including phenoxy) is 1. The highest BCUT2D eigenvalue weighted by Crippen LogP contribution is 2.18. The molecule has 0 radical (unpaired) electrons. The van der Waals surface area contributed by atoms with Crippen LogP contribution in [-0.4, -0.2) is 50.3 Å². The predicted octanol–water partition coefficient (Wildman–Crippen LogP) is 2.66. The first kappa shape index (κ1) is 15.3. The van der Waals surface area contributed by atoms with Gasteiger partial charge in [-0.25, -0.2) is 0 Å².